The summed E-state index contributed by atoms with van der Waals surface area (Å²) in [7, 11) is 1.49. The predicted octanol–water partition coefficient (Wildman–Crippen LogP) is 1.45. The lowest BCUT2D eigenvalue weighted by atomic mass is 10.6. The van der Waals surface area contributed by atoms with E-state index in [0.717, 1.165) is 23.6 Å². The lowest BCUT2D eigenvalue weighted by molar-refractivity contribution is 0.488. The molecule has 0 rings (SSSR count). The van der Waals surface area contributed by atoms with Gasteiger partial charge in [-0.15, -0.1) is 0 Å². The fourth-order valence-corrected chi connectivity index (χ4v) is 2.52. The molecule has 0 aromatic heterocycles. The van der Waals surface area contributed by atoms with Crippen LogP contribution in [0.25, 0.3) is 0 Å². The minimum atomic E-state index is -3.02. The van der Waals surface area contributed by atoms with E-state index in [1.54, 1.807) is 0 Å². The van der Waals surface area contributed by atoms with Gasteiger partial charge in [0.2, 0.25) is 0 Å². The van der Waals surface area contributed by atoms with Gasteiger partial charge >= 0.3 is 6.72 Å². The van der Waals surface area contributed by atoms with Gasteiger partial charge < -0.3 is 4.89 Å². The summed E-state index contributed by atoms with van der Waals surface area (Å²) in [5.41, 5.74) is 0. The fraction of sp³-hybridized carbons (Fsp3) is 1.00. The zero-order valence-corrected chi connectivity index (χ0v) is 7.34. The SMILES string of the molecule is CCCSP(=O)(O)NC. The van der Waals surface area contributed by atoms with Crippen LogP contribution in [0.15, 0.2) is 0 Å². The summed E-state index contributed by atoms with van der Waals surface area (Å²) in [6.07, 6.45) is 0.927. The van der Waals surface area contributed by atoms with Crippen LogP contribution in [0.2, 0.25) is 0 Å². The van der Waals surface area contributed by atoms with Crippen LogP contribution in [0.3, 0.4) is 0 Å². The van der Waals surface area contributed by atoms with Crippen LogP contribution >= 0.6 is 18.1 Å². The first-order valence-corrected chi connectivity index (χ1v) is 6.03. The van der Waals surface area contributed by atoms with Gasteiger partial charge in [-0.1, -0.05) is 18.3 Å². The molecule has 1 unspecified atom stereocenters. The van der Waals surface area contributed by atoms with Crippen LogP contribution in [-0.4, -0.2) is 17.7 Å². The Morgan fingerprint density at radius 3 is 2.67 bits per heavy atom. The van der Waals surface area contributed by atoms with Gasteiger partial charge in [0.1, 0.15) is 0 Å². The first kappa shape index (κ1) is 9.50. The largest absolute Gasteiger partial charge is 0.326 e. The van der Waals surface area contributed by atoms with E-state index in [0.29, 0.717) is 0 Å². The normalized spacial score (nSPS) is 17.2. The molecule has 2 N–H and O–H groups in total. The summed E-state index contributed by atoms with van der Waals surface area (Å²) in [4.78, 5) is 8.86. The van der Waals surface area contributed by atoms with Crippen molar-refractivity contribution in [3.05, 3.63) is 0 Å². The molecule has 56 valence electrons. The van der Waals surface area contributed by atoms with E-state index < -0.39 is 6.72 Å². The topological polar surface area (TPSA) is 49.3 Å². The second kappa shape index (κ2) is 4.34. The molecule has 0 amide bonds. The van der Waals surface area contributed by atoms with Crippen LogP contribution in [0.1, 0.15) is 13.3 Å². The summed E-state index contributed by atoms with van der Waals surface area (Å²) in [5, 5.41) is 2.35. The molecule has 0 aromatic carbocycles. The molecule has 0 radical (unpaired) electrons. The van der Waals surface area contributed by atoms with Crippen molar-refractivity contribution < 1.29 is 9.46 Å². The van der Waals surface area contributed by atoms with Gasteiger partial charge in [0, 0.05) is 5.75 Å². The molecule has 0 spiro atoms. The van der Waals surface area contributed by atoms with Crippen molar-refractivity contribution in [2.45, 2.75) is 13.3 Å². The third kappa shape index (κ3) is 4.97. The first-order valence-electron chi connectivity index (χ1n) is 2.78. The third-order valence-electron chi connectivity index (χ3n) is 0.753. The molecule has 0 aromatic rings. The number of nitrogens with one attached hydrogen (secondary N) is 1. The maximum Gasteiger partial charge on any atom is 0.323 e. The number of rotatable bonds is 4. The molecular formula is C4H12NO2PS. The highest BCUT2D eigenvalue weighted by atomic mass is 32.7. The smallest absolute Gasteiger partial charge is 0.323 e. The van der Waals surface area contributed by atoms with Gasteiger partial charge in [0.05, 0.1) is 0 Å². The lowest BCUT2D eigenvalue weighted by Gasteiger charge is -2.06. The van der Waals surface area contributed by atoms with Crippen molar-refractivity contribution in [3.63, 3.8) is 0 Å². The van der Waals surface area contributed by atoms with Gasteiger partial charge in [0.15, 0.2) is 0 Å². The van der Waals surface area contributed by atoms with E-state index in [-0.39, 0.29) is 0 Å². The minimum Gasteiger partial charge on any atom is -0.326 e. The molecule has 0 heterocycles. The highest BCUT2D eigenvalue weighted by Crippen LogP contribution is 2.49. The highest BCUT2D eigenvalue weighted by Gasteiger charge is 2.13. The summed E-state index contributed by atoms with van der Waals surface area (Å²) >= 11 is 1.08. The molecule has 0 fully saturated rings. The van der Waals surface area contributed by atoms with Crippen molar-refractivity contribution in [1.82, 2.24) is 5.09 Å². The Hall–Kier alpha value is 0.500. The van der Waals surface area contributed by atoms with E-state index in [2.05, 4.69) is 5.09 Å². The van der Waals surface area contributed by atoms with E-state index >= 15 is 0 Å². The molecule has 0 aliphatic heterocycles. The Morgan fingerprint density at radius 1 is 1.78 bits per heavy atom. The van der Waals surface area contributed by atoms with Crippen LogP contribution in [0, 0.1) is 0 Å². The lowest BCUT2D eigenvalue weighted by Crippen LogP contribution is -1.98. The average Bonchev–Trinajstić information content (AvgIpc) is 1.84. The zero-order chi connectivity index (χ0) is 7.33. The maximum absolute atomic E-state index is 10.7. The fourth-order valence-electron chi connectivity index (χ4n) is 0.280. The Kier molecular flexibility index (Phi) is 4.58. The van der Waals surface area contributed by atoms with Crippen molar-refractivity contribution in [1.29, 1.82) is 0 Å². The second-order valence-electron chi connectivity index (χ2n) is 1.58. The van der Waals surface area contributed by atoms with E-state index in [1.165, 1.54) is 7.05 Å². The van der Waals surface area contributed by atoms with Crippen molar-refractivity contribution >= 4 is 18.1 Å². The van der Waals surface area contributed by atoms with Crippen LogP contribution in [0.4, 0.5) is 0 Å². The third-order valence-corrected chi connectivity index (χ3v) is 4.40. The van der Waals surface area contributed by atoms with Crippen LogP contribution in [-0.2, 0) is 4.57 Å². The average molecular weight is 169 g/mol. The van der Waals surface area contributed by atoms with Crippen LogP contribution < -0.4 is 5.09 Å². The summed E-state index contributed by atoms with van der Waals surface area (Å²) in [5.74, 6) is 0.731. The van der Waals surface area contributed by atoms with Crippen molar-refractivity contribution in [2.75, 3.05) is 12.8 Å². The van der Waals surface area contributed by atoms with E-state index in [9.17, 15) is 4.57 Å². The molecule has 0 saturated heterocycles. The van der Waals surface area contributed by atoms with Crippen molar-refractivity contribution in [3.8, 4) is 0 Å². The standard InChI is InChI=1S/C4H12NO2PS/c1-3-4-9-8(6,7)5-2/h3-4H2,1-2H3,(H2,5,6,7). The van der Waals surface area contributed by atoms with Gasteiger partial charge in [-0.3, -0.25) is 4.57 Å². The highest BCUT2D eigenvalue weighted by molar-refractivity contribution is 8.55. The predicted molar refractivity (Wildman–Crippen MR) is 41.6 cm³/mol. The van der Waals surface area contributed by atoms with Gasteiger partial charge in [-0.05, 0) is 13.5 Å². The summed E-state index contributed by atoms with van der Waals surface area (Å²) < 4.78 is 10.7. The molecule has 5 heteroatoms. The first-order chi connectivity index (χ1) is 4.12. The molecule has 0 bridgehead atoms. The Morgan fingerprint density at radius 2 is 2.33 bits per heavy atom. The van der Waals surface area contributed by atoms with E-state index in [1.807, 2.05) is 6.92 Å². The quantitative estimate of drug-likeness (QED) is 0.625. The Bertz CT molecular complexity index is 119. The number of hydrogen-bond acceptors (Lipinski definition) is 2. The van der Waals surface area contributed by atoms with Gasteiger partial charge in [-0.2, -0.15) is 0 Å². The number of hydrogen-bond donors (Lipinski definition) is 2. The molecule has 0 saturated carbocycles. The van der Waals surface area contributed by atoms with Gasteiger partial charge in [0.25, 0.3) is 0 Å². The Labute approximate surface area is 59.5 Å². The second-order valence-corrected chi connectivity index (χ2v) is 5.99. The molecule has 1 atom stereocenters. The molecule has 0 aliphatic rings. The molecule has 0 aliphatic carbocycles. The maximum atomic E-state index is 10.7. The van der Waals surface area contributed by atoms with E-state index in [4.69, 9.17) is 4.89 Å². The minimum absolute atomic E-state index is 0.731. The zero-order valence-electron chi connectivity index (χ0n) is 5.63. The Balaban J connectivity index is 3.46. The summed E-state index contributed by atoms with van der Waals surface area (Å²) in [6.45, 7) is -1.05. The van der Waals surface area contributed by atoms with Crippen molar-refractivity contribution in [2.24, 2.45) is 0 Å². The van der Waals surface area contributed by atoms with Gasteiger partial charge in [-0.25, -0.2) is 5.09 Å². The van der Waals surface area contributed by atoms with Crippen LogP contribution in [0.5, 0.6) is 0 Å². The molecular weight excluding hydrogens is 157 g/mol. The molecule has 3 nitrogen and oxygen atoms in total. The monoisotopic (exact) mass is 169 g/mol. The summed E-state index contributed by atoms with van der Waals surface area (Å²) in [6, 6.07) is 0. The molecule has 9 heavy (non-hydrogen) atoms.